The standard InChI is InChI=1S/C20H23NO2S/c22-24(23)20(17-12-6-2-7-13-17)19(16-10-4-1-5-11-16)21(24)18-14-8-3-9-15-18/h1-2,4-7,10-13,18-20H,3,8-9,14-15H2/t19-,20+/m1/s1. The molecule has 2 aromatic carbocycles. The van der Waals surface area contributed by atoms with Gasteiger partial charge >= 0.3 is 0 Å². The highest BCUT2D eigenvalue weighted by molar-refractivity contribution is 7.90. The van der Waals surface area contributed by atoms with Crippen LogP contribution in [0.25, 0.3) is 0 Å². The number of benzene rings is 2. The summed E-state index contributed by atoms with van der Waals surface area (Å²) in [5, 5.41) is -0.456. The first kappa shape index (κ1) is 15.9. The molecule has 1 heterocycles. The summed E-state index contributed by atoms with van der Waals surface area (Å²) in [6.45, 7) is 0. The maximum absolute atomic E-state index is 13.2. The fourth-order valence-corrected chi connectivity index (χ4v) is 6.63. The minimum atomic E-state index is -3.28. The van der Waals surface area contributed by atoms with E-state index in [9.17, 15) is 8.42 Å². The highest BCUT2D eigenvalue weighted by Crippen LogP contribution is 2.54. The van der Waals surface area contributed by atoms with E-state index < -0.39 is 15.3 Å². The van der Waals surface area contributed by atoms with Gasteiger partial charge in [-0.1, -0.05) is 79.9 Å². The van der Waals surface area contributed by atoms with Crippen LogP contribution in [-0.4, -0.2) is 18.8 Å². The van der Waals surface area contributed by atoms with Crippen molar-refractivity contribution in [3.63, 3.8) is 0 Å². The van der Waals surface area contributed by atoms with E-state index in [1.165, 1.54) is 6.42 Å². The van der Waals surface area contributed by atoms with Crippen molar-refractivity contribution in [2.75, 3.05) is 0 Å². The van der Waals surface area contributed by atoms with Crippen LogP contribution in [0.5, 0.6) is 0 Å². The predicted octanol–water partition coefficient (Wildman–Crippen LogP) is 4.45. The molecule has 0 unspecified atom stereocenters. The van der Waals surface area contributed by atoms with E-state index in [4.69, 9.17) is 0 Å². The Bertz CT molecular complexity index is 783. The summed E-state index contributed by atoms with van der Waals surface area (Å²) in [6.07, 6.45) is 5.47. The van der Waals surface area contributed by atoms with Gasteiger partial charge in [-0.25, -0.2) is 8.42 Å². The summed E-state index contributed by atoms with van der Waals surface area (Å²) in [5.74, 6) is 0. The van der Waals surface area contributed by atoms with E-state index >= 15 is 0 Å². The van der Waals surface area contributed by atoms with Crippen molar-refractivity contribution in [2.24, 2.45) is 0 Å². The Morgan fingerprint density at radius 3 is 1.88 bits per heavy atom. The molecule has 1 saturated heterocycles. The highest BCUT2D eigenvalue weighted by atomic mass is 32.2. The molecule has 0 bridgehead atoms. The Morgan fingerprint density at radius 2 is 1.29 bits per heavy atom. The van der Waals surface area contributed by atoms with Crippen LogP contribution in [0.1, 0.15) is 54.5 Å². The summed E-state index contributed by atoms with van der Waals surface area (Å²) >= 11 is 0. The maximum atomic E-state index is 13.2. The van der Waals surface area contributed by atoms with Crippen LogP contribution in [0.3, 0.4) is 0 Å². The molecule has 2 aliphatic rings. The third kappa shape index (κ3) is 2.58. The van der Waals surface area contributed by atoms with Crippen LogP contribution in [0.4, 0.5) is 0 Å². The molecule has 2 atom stereocenters. The lowest BCUT2D eigenvalue weighted by Gasteiger charge is -2.51. The summed E-state index contributed by atoms with van der Waals surface area (Å²) in [7, 11) is -3.28. The maximum Gasteiger partial charge on any atom is 0.223 e. The lowest BCUT2D eigenvalue weighted by Crippen LogP contribution is -2.57. The zero-order chi connectivity index (χ0) is 16.6. The fraction of sp³-hybridized carbons (Fsp3) is 0.400. The molecule has 4 heteroatoms. The Balaban J connectivity index is 1.76. The first-order valence-corrected chi connectivity index (χ1v) is 10.3. The van der Waals surface area contributed by atoms with E-state index in [1.54, 1.807) is 0 Å². The highest BCUT2D eigenvalue weighted by Gasteiger charge is 2.57. The fourth-order valence-electron chi connectivity index (χ4n) is 4.26. The molecule has 0 aromatic heterocycles. The first-order valence-electron chi connectivity index (χ1n) is 8.82. The zero-order valence-corrected chi connectivity index (χ0v) is 14.5. The molecule has 0 radical (unpaired) electrons. The smallest absolute Gasteiger partial charge is 0.211 e. The zero-order valence-electron chi connectivity index (χ0n) is 13.7. The topological polar surface area (TPSA) is 37.4 Å². The average molecular weight is 341 g/mol. The third-order valence-electron chi connectivity index (χ3n) is 5.38. The summed E-state index contributed by atoms with van der Waals surface area (Å²) in [6, 6.07) is 19.9. The molecule has 2 aromatic rings. The molecule has 0 spiro atoms. The normalized spacial score (nSPS) is 27.5. The van der Waals surface area contributed by atoms with Crippen molar-refractivity contribution in [3.8, 4) is 0 Å². The molecule has 24 heavy (non-hydrogen) atoms. The molecule has 1 aliphatic carbocycles. The third-order valence-corrected chi connectivity index (χ3v) is 7.66. The molecule has 2 fully saturated rings. The second kappa shape index (κ2) is 6.34. The monoisotopic (exact) mass is 341 g/mol. The molecule has 0 amide bonds. The predicted molar refractivity (Wildman–Crippen MR) is 96.0 cm³/mol. The number of hydrogen-bond acceptors (Lipinski definition) is 2. The summed E-state index contributed by atoms with van der Waals surface area (Å²) in [4.78, 5) is 0. The van der Waals surface area contributed by atoms with Gasteiger partial charge < -0.3 is 0 Å². The van der Waals surface area contributed by atoms with Gasteiger partial charge in [0.15, 0.2) is 0 Å². The first-order chi connectivity index (χ1) is 11.7. The van der Waals surface area contributed by atoms with Crippen molar-refractivity contribution in [1.82, 2.24) is 4.31 Å². The Kier molecular flexibility index (Phi) is 4.19. The number of sulfonamides is 1. The largest absolute Gasteiger partial charge is 0.223 e. The van der Waals surface area contributed by atoms with E-state index in [0.717, 1.165) is 36.8 Å². The SMILES string of the molecule is O=S1(=O)[C@@H](c2ccccc2)[C@@H](c2ccccc2)N1C1CCCCC1. The molecular weight excluding hydrogens is 318 g/mol. The molecule has 1 aliphatic heterocycles. The second-order valence-electron chi connectivity index (χ2n) is 6.85. The van der Waals surface area contributed by atoms with E-state index in [0.29, 0.717) is 0 Å². The van der Waals surface area contributed by atoms with Crippen molar-refractivity contribution < 1.29 is 8.42 Å². The minimum absolute atomic E-state index is 0.0679. The van der Waals surface area contributed by atoms with Crippen LogP contribution in [0, 0.1) is 0 Å². The van der Waals surface area contributed by atoms with Gasteiger partial charge in [0.05, 0.1) is 6.04 Å². The van der Waals surface area contributed by atoms with Gasteiger partial charge in [0.1, 0.15) is 5.25 Å². The lowest BCUT2D eigenvalue weighted by atomic mass is 9.91. The Labute approximate surface area is 144 Å². The van der Waals surface area contributed by atoms with Gasteiger partial charge in [-0.15, -0.1) is 0 Å². The van der Waals surface area contributed by atoms with Crippen LogP contribution in [0.15, 0.2) is 60.7 Å². The van der Waals surface area contributed by atoms with Crippen LogP contribution in [0.2, 0.25) is 0 Å². The average Bonchev–Trinajstić information content (AvgIpc) is 2.62. The number of rotatable bonds is 3. The van der Waals surface area contributed by atoms with Crippen LogP contribution >= 0.6 is 0 Å². The van der Waals surface area contributed by atoms with E-state index in [-0.39, 0.29) is 12.1 Å². The number of nitrogens with zero attached hydrogens (tertiary/aromatic N) is 1. The van der Waals surface area contributed by atoms with Crippen molar-refractivity contribution >= 4 is 10.0 Å². The van der Waals surface area contributed by atoms with Gasteiger partial charge in [-0.3, -0.25) is 0 Å². The van der Waals surface area contributed by atoms with Gasteiger partial charge in [-0.2, -0.15) is 4.31 Å². The van der Waals surface area contributed by atoms with Gasteiger partial charge in [0.25, 0.3) is 0 Å². The molecule has 0 N–H and O–H groups in total. The van der Waals surface area contributed by atoms with E-state index in [2.05, 4.69) is 12.1 Å². The van der Waals surface area contributed by atoms with Crippen LogP contribution in [-0.2, 0) is 10.0 Å². The van der Waals surface area contributed by atoms with Crippen molar-refractivity contribution in [2.45, 2.75) is 49.4 Å². The molecule has 1 saturated carbocycles. The quantitative estimate of drug-likeness (QED) is 0.827. The molecule has 126 valence electrons. The van der Waals surface area contributed by atoms with Gasteiger partial charge in [-0.05, 0) is 24.0 Å². The molecular formula is C20H23NO2S. The van der Waals surface area contributed by atoms with Crippen molar-refractivity contribution in [3.05, 3.63) is 71.8 Å². The van der Waals surface area contributed by atoms with Crippen LogP contribution < -0.4 is 0 Å². The number of hydrogen-bond donors (Lipinski definition) is 0. The van der Waals surface area contributed by atoms with Crippen molar-refractivity contribution in [1.29, 1.82) is 0 Å². The summed E-state index contributed by atoms with van der Waals surface area (Å²) < 4.78 is 28.1. The Hall–Kier alpha value is -1.65. The van der Waals surface area contributed by atoms with E-state index in [1.807, 2.05) is 52.8 Å². The second-order valence-corrected chi connectivity index (χ2v) is 8.81. The molecule has 4 rings (SSSR count). The molecule has 3 nitrogen and oxygen atoms in total. The minimum Gasteiger partial charge on any atom is -0.211 e. The van der Waals surface area contributed by atoms with Gasteiger partial charge in [0.2, 0.25) is 10.0 Å². The van der Waals surface area contributed by atoms with Gasteiger partial charge in [0, 0.05) is 6.04 Å². The Morgan fingerprint density at radius 1 is 0.750 bits per heavy atom. The lowest BCUT2D eigenvalue weighted by molar-refractivity contribution is 0.156. The summed E-state index contributed by atoms with van der Waals surface area (Å²) in [5.41, 5.74) is 2.00.